The Labute approximate surface area is 121 Å². The lowest BCUT2D eigenvalue weighted by atomic mass is 9.96. The number of rotatable bonds is 6. The van der Waals surface area contributed by atoms with Gasteiger partial charge in [-0.3, -0.25) is 4.98 Å². The van der Waals surface area contributed by atoms with Crippen LogP contribution in [0.2, 0.25) is 0 Å². The second kappa shape index (κ2) is 7.06. The molecule has 1 aromatic heterocycles. The number of nitrogens with one attached hydrogen (secondary N) is 1. The molecule has 0 aliphatic rings. The molecule has 3 heteroatoms. The van der Waals surface area contributed by atoms with Crippen LogP contribution in [0.1, 0.15) is 36.6 Å². The van der Waals surface area contributed by atoms with Crippen LogP contribution >= 0.6 is 0 Å². The molecule has 0 radical (unpaired) electrons. The van der Waals surface area contributed by atoms with Crippen molar-refractivity contribution in [2.45, 2.75) is 26.3 Å². The zero-order valence-corrected chi connectivity index (χ0v) is 12.4. The topological polar surface area (TPSA) is 34.2 Å². The Morgan fingerprint density at radius 1 is 1.25 bits per heavy atom. The van der Waals surface area contributed by atoms with E-state index in [0.29, 0.717) is 0 Å². The summed E-state index contributed by atoms with van der Waals surface area (Å²) < 4.78 is 5.45. The zero-order valence-electron chi connectivity index (χ0n) is 12.4. The van der Waals surface area contributed by atoms with Gasteiger partial charge in [0.2, 0.25) is 0 Å². The van der Waals surface area contributed by atoms with Crippen molar-refractivity contribution < 1.29 is 4.74 Å². The van der Waals surface area contributed by atoms with E-state index in [0.717, 1.165) is 24.3 Å². The SMILES string of the molecule is CCNC(c1cccc(CC)c1)c1ccncc1OC. The Balaban J connectivity index is 2.44. The van der Waals surface area contributed by atoms with E-state index in [4.69, 9.17) is 4.74 Å². The maximum absolute atomic E-state index is 5.45. The Hall–Kier alpha value is -1.87. The summed E-state index contributed by atoms with van der Waals surface area (Å²) in [5.74, 6) is 0.820. The van der Waals surface area contributed by atoms with Gasteiger partial charge in [0.25, 0.3) is 0 Å². The van der Waals surface area contributed by atoms with Crippen LogP contribution in [0.15, 0.2) is 42.7 Å². The van der Waals surface area contributed by atoms with Crippen LogP contribution in [0.5, 0.6) is 5.75 Å². The molecule has 1 atom stereocenters. The van der Waals surface area contributed by atoms with Crippen molar-refractivity contribution in [1.29, 1.82) is 0 Å². The molecule has 106 valence electrons. The molecule has 0 aliphatic heterocycles. The van der Waals surface area contributed by atoms with Crippen LogP contribution in [0, 0.1) is 0 Å². The summed E-state index contributed by atoms with van der Waals surface area (Å²) in [5, 5.41) is 3.53. The molecule has 0 aliphatic carbocycles. The number of aromatic nitrogens is 1. The van der Waals surface area contributed by atoms with Gasteiger partial charge in [-0.15, -0.1) is 0 Å². The quantitative estimate of drug-likeness (QED) is 0.874. The van der Waals surface area contributed by atoms with E-state index in [-0.39, 0.29) is 6.04 Å². The zero-order chi connectivity index (χ0) is 14.4. The second-order valence-corrected chi connectivity index (χ2v) is 4.71. The first kappa shape index (κ1) is 14.5. The molecular formula is C17H22N2O. The van der Waals surface area contributed by atoms with Gasteiger partial charge in [0, 0.05) is 11.8 Å². The third-order valence-corrected chi connectivity index (χ3v) is 3.45. The van der Waals surface area contributed by atoms with Crippen molar-refractivity contribution in [3.8, 4) is 5.75 Å². The first-order chi connectivity index (χ1) is 9.80. The highest BCUT2D eigenvalue weighted by Gasteiger charge is 2.17. The highest BCUT2D eigenvalue weighted by atomic mass is 16.5. The number of aryl methyl sites for hydroxylation is 1. The lowest BCUT2D eigenvalue weighted by molar-refractivity contribution is 0.402. The number of benzene rings is 1. The Bertz CT molecular complexity index is 554. The summed E-state index contributed by atoms with van der Waals surface area (Å²) in [6, 6.07) is 10.8. The van der Waals surface area contributed by atoms with Gasteiger partial charge in [0.15, 0.2) is 0 Å². The van der Waals surface area contributed by atoms with Crippen molar-refractivity contribution in [2.75, 3.05) is 13.7 Å². The molecule has 1 aromatic carbocycles. The van der Waals surface area contributed by atoms with E-state index >= 15 is 0 Å². The molecule has 2 aromatic rings. The minimum Gasteiger partial charge on any atom is -0.495 e. The van der Waals surface area contributed by atoms with Crippen LogP contribution in [-0.2, 0) is 6.42 Å². The van der Waals surface area contributed by atoms with E-state index in [9.17, 15) is 0 Å². The Morgan fingerprint density at radius 2 is 2.10 bits per heavy atom. The Morgan fingerprint density at radius 3 is 2.80 bits per heavy atom. The molecule has 1 heterocycles. The summed E-state index contributed by atoms with van der Waals surface area (Å²) in [5.41, 5.74) is 3.73. The highest BCUT2D eigenvalue weighted by molar-refractivity contribution is 5.40. The monoisotopic (exact) mass is 270 g/mol. The van der Waals surface area contributed by atoms with Crippen molar-refractivity contribution in [3.63, 3.8) is 0 Å². The smallest absolute Gasteiger partial charge is 0.142 e. The van der Waals surface area contributed by atoms with Crippen LogP contribution in [0.25, 0.3) is 0 Å². The standard InChI is InChI=1S/C17H22N2O/c1-4-13-7-6-8-14(11-13)17(19-5-2)15-9-10-18-12-16(15)20-3/h6-12,17,19H,4-5H2,1-3H3. The van der Waals surface area contributed by atoms with Gasteiger partial charge < -0.3 is 10.1 Å². The average Bonchev–Trinajstić information content (AvgIpc) is 2.52. The van der Waals surface area contributed by atoms with E-state index < -0.39 is 0 Å². The third kappa shape index (κ3) is 3.17. The van der Waals surface area contributed by atoms with Crippen molar-refractivity contribution in [3.05, 3.63) is 59.4 Å². The molecule has 1 N–H and O–H groups in total. The maximum atomic E-state index is 5.45. The molecule has 3 nitrogen and oxygen atoms in total. The summed E-state index contributed by atoms with van der Waals surface area (Å²) in [7, 11) is 1.69. The van der Waals surface area contributed by atoms with E-state index in [2.05, 4.69) is 48.4 Å². The predicted octanol–water partition coefficient (Wildman–Crippen LogP) is 3.35. The first-order valence-corrected chi connectivity index (χ1v) is 7.10. The van der Waals surface area contributed by atoms with Gasteiger partial charge in [-0.05, 0) is 30.2 Å². The summed E-state index contributed by atoms with van der Waals surface area (Å²) in [4.78, 5) is 4.13. The minimum absolute atomic E-state index is 0.129. The van der Waals surface area contributed by atoms with Gasteiger partial charge in [0.05, 0.1) is 19.3 Å². The number of hydrogen-bond donors (Lipinski definition) is 1. The minimum atomic E-state index is 0.129. The largest absolute Gasteiger partial charge is 0.495 e. The third-order valence-electron chi connectivity index (χ3n) is 3.45. The molecule has 0 spiro atoms. The van der Waals surface area contributed by atoms with Gasteiger partial charge >= 0.3 is 0 Å². The second-order valence-electron chi connectivity index (χ2n) is 4.71. The van der Waals surface area contributed by atoms with Gasteiger partial charge in [0.1, 0.15) is 5.75 Å². The fraction of sp³-hybridized carbons (Fsp3) is 0.353. The Kier molecular flexibility index (Phi) is 5.13. The number of pyridine rings is 1. The van der Waals surface area contributed by atoms with E-state index in [1.54, 1.807) is 13.3 Å². The van der Waals surface area contributed by atoms with Crippen LogP contribution in [-0.4, -0.2) is 18.6 Å². The molecule has 0 amide bonds. The van der Waals surface area contributed by atoms with Crippen molar-refractivity contribution >= 4 is 0 Å². The van der Waals surface area contributed by atoms with E-state index in [1.807, 2.05) is 12.3 Å². The molecule has 2 rings (SSSR count). The van der Waals surface area contributed by atoms with Crippen LogP contribution < -0.4 is 10.1 Å². The molecule has 0 saturated carbocycles. The normalized spacial score (nSPS) is 12.2. The summed E-state index contributed by atoms with van der Waals surface area (Å²) in [6.45, 7) is 5.19. The van der Waals surface area contributed by atoms with Crippen molar-refractivity contribution in [1.82, 2.24) is 10.3 Å². The number of ether oxygens (including phenoxy) is 1. The fourth-order valence-electron chi connectivity index (χ4n) is 2.40. The molecule has 0 saturated heterocycles. The average molecular weight is 270 g/mol. The number of methoxy groups -OCH3 is 1. The summed E-state index contributed by atoms with van der Waals surface area (Å²) >= 11 is 0. The highest BCUT2D eigenvalue weighted by Crippen LogP contribution is 2.29. The van der Waals surface area contributed by atoms with Gasteiger partial charge in [-0.1, -0.05) is 38.1 Å². The molecule has 0 fully saturated rings. The van der Waals surface area contributed by atoms with E-state index in [1.165, 1.54) is 11.1 Å². The predicted molar refractivity (Wildman–Crippen MR) is 82.1 cm³/mol. The maximum Gasteiger partial charge on any atom is 0.142 e. The van der Waals surface area contributed by atoms with Gasteiger partial charge in [-0.2, -0.15) is 0 Å². The number of nitrogens with zero attached hydrogens (tertiary/aromatic N) is 1. The summed E-state index contributed by atoms with van der Waals surface area (Å²) in [6.07, 6.45) is 4.62. The lowest BCUT2D eigenvalue weighted by Gasteiger charge is -2.21. The van der Waals surface area contributed by atoms with Crippen LogP contribution in [0.4, 0.5) is 0 Å². The first-order valence-electron chi connectivity index (χ1n) is 7.10. The lowest BCUT2D eigenvalue weighted by Crippen LogP contribution is -2.22. The van der Waals surface area contributed by atoms with Gasteiger partial charge in [-0.25, -0.2) is 0 Å². The number of hydrogen-bond acceptors (Lipinski definition) is 3. The molecular weight excluding hydrogens is 248 g/mol. The fourth-order valence-corrected chi connectivity index (χ4v) is 2.40. The van der Waals surface area contributed by atoms with Crippen molar-refractivity contribution in [2.24, 2.45) is 0 Å². The molecule has 0 bridgehead atoms. The molecule has 1 unspecified atom stereocenters. The van der Waals surface area contributed by atoms with Crippen LogP contribution in [0.3, 0.4) is 0 Å². The molecule has 20 heavy (non-hydrogen) atoms.